The number of ether oxygens (including phenoxy) is 2. The van der Waals surface area contributed by atoms with Crippen LogP contribution in [0, 0.1) is 0 Å². The van der Waals surface area contributed by atoms with Gasteiger partial charge in [-0.05, 0) is 55.5 Å². The summed E-state index contributed by atoms with van der Waals surface area (Å²) in [5.41, 5.74) is 3.10. The molecule has 0 heterocycles. The zero-order valence-corrected chi connectivity index (χ0v) is 19.8. The Balaban J connectivity index is 1.67. The third-order valence-corrected chi connectivity index (χ3v) is 5.18. The minimum atomic E-state index is -0.814. The molecule has 9 heteroatoms. The smallest absolute Gasteiger partial charge is 0.345 e. The molecule has 0 fully saturated rings. The summed E-state index contributed by atoms with van der Waals surface area (Å²) in [5.74, 6) is -0.366. The van der Waals surface area contributed by atoms with Crippen molar-refractivity contribution in [1.82, 2.24) is 5.43 Å². The highest BCUT2D eigenvalue weighted by atomic mass is 79.9. The number of nitrogens with one attached hydrogen (secondary N) is 1. The number of hydrogen-bond donors (Lipinski definition) is 1. The normalized spacial score (nSPS) is 11.8. The monoisotopic (exact) mass is 534 g/mol. The van der Waals surface area contributed by atoms with E-state index in [2.05, 4.69) is 26.5 Å². The molecule has 1 atom stereocenters. The van der Waals surface area contributed by atoms with Gasteiger partial charge in [0.25, 0.3) is 5.91 Å². The van der Waals surface area contributed by atoms with E-state index in [1.807, 2.05) is 0 Å². The maximum atomic E-state index is 12.5. The lowest BCUT2D eigenvalue weighted by Crippen LogP contribution is -2.33. The number of hydrazone groups is 1. The Morgan fingerprint density at radius 3 is 2.59 bits per heavy atom. The molecular formula is C23H17BrCl2N2O4. The highest BCUT2D eigenvalue weighted by Crippen LogP contribution is 2.24. The Morgan fingerprint density at radius 2 is 1.84 bits per heavy atom. The second kappa shape index (κ2) is 11.1. The van der Waals surface area contributed by atoms with Gasteiger partial charge >= 0.3 is 5.97 Å². The lowest BCUT2D eigenvalue weighted by atomic mass is 10.2. The van der Waals surface area contributed by atoms with Crippen LogP contribution in [0.15, 0.2) is 76.3 Å². The summed E-state index contributed by atoms with van der Waals surface area (Å²) in [7, 11) is 0. The van der Waals surface area contributed by atoms with Gasteiger partial charge in [-0.2, -0.15) is 5.10 Å². The Morgan fingerprint density at radius 1 is 1.06 bits per heavy atom. The molecule has 1 amide bonds. The van der Waals surface area contributed by atoms with E-state index < -0.39 is 18.0 Å². The van der Waals surface area contributed by atoms with E-state index in [9.17, 15) is 9.59 Å². The fraction of sp³-hybridized carbons (Fsp3) is 0.0870. The van der Waals surface area contributed by atoms with Crippen molar-refractivity contribution in [2.24, 2.45) is 5.10 Å². The molecule has 3 aromatic rings. The van der Waals surface area contributed by atoms with E-state index in [1.165, 1.54) is 6.21 Å². The SMILES string of the molecule is CC(Oc1cccc(Cl)c1)C(=O)N/N=C/c1cc(Br)ccc1OC(=O)c1ccccc1Cl. The minimum absolute atomic E-state index is 0.236. The second-order valence-corrected chi connectivity index (χ2v) is 8.26. The first-order valence-corrected chi connectivity index (χ1v) is 10.9. The molecule has 6 nitrogen and oxygen atoms in total. The largest absolute Gasteiger partial charge is 0.481 e. The van der Waals surface area contributed by atoms with Crippen molar-refractivity contribution in [1.29, 1.82) is 0 Å². The van der Waals surface area contributed by atoms with Crippen LogP contribution >= 0.6 is 39.1 Å². The summed E-state index contributed by atoms with van der Waals surface area (Å²) in [5, 5.41) is 4.74. The fourth-order valence-electron chi connectivity index (χ4n) is 2.55. The highest BCUT2D eigenvalue weighted by molar-refractivity contribution is 9.10. The summed E-state index contributed by atoms with van der Waals surface area (Å²) in [4.78, 5) is 24.8. The molecule has 164 valence electrons. The van der Waals surface area contributed by atoms with E-state index >= 15 is 0 Å². The van der Waals surface area contributed by atoms with Gasteiger partial charge < -0.3 is 9.47 Å². The van der Waals surface area contributed by atoms with Crippen LogP contribution in [-0.4, -0.2) is 24.2 Å². The van der Waals surface area contributed by atoms with Crippen LogP contribution in [0.2, 0.25) is 10.0 Å². The van der Waals surface area contributed by atoms with Crippen molar-refractivity contribution in [3.8, 4) is 11.5 Å². The molecule has 0 saturated heterocycles. The van der Waals surface area contributed by atoms with Gasteiger partial charge in [0.2, 0.25) is 0 Å². The van der Waals surface area contributed by atoms with Gasteiger partial charge in [0.05, 0.1) is 16.8 Å². The summed E-state index contributed by atoms with van der Waals surface area (Å²) in [6.07, 6.45) is 0.551. The van der Waals surface area contributed by atoms with Crippen molar-refractivity contribution in [2.75, 3.05) is 0 Å². The highest BCUT2D eigenvalue weighted by Gasteiger charge is 2.16. The number of benzene rings is 3. The number of nitrogens with zero attached hydrogens (tertiary/aromatic N) is 1. The summed E-state index contributed by atoms with van der Waals surface area (Å²) in [6, 6.07) is 18.3. The molecule has 0 spiro atoms. The van der Waals surface area contributed by atoms with Gasteiger partial charge in [-0.3, -0.25) is 4.79 Å². The average molecular weight is 536 g/mol. The minimum Gasteiger partial charge on any atom is -0.481 e. The van der Waals surface area contributed by atoms with Crippen LogP contribution in [0.3, 0.4) is 0 Å². The maximum Gasteiger partial charge on any atom is 0.345 e. The third kappa shape index (κ3) is 6.56. The van der Waals surface area contributed by atoms with Crippen LogP contribution in [-0.2, 0) is 4.79 Å². The molecule has 1 N–H and O–H groups in total. The summed E-state index contributed by atoms with van der Waals surface area (Å²) >= 11 is 15.3. The van der Waals surface area contributed by atoms with Crippen LogP contribution in [0.4, 0.5) is 0 Å². The summed E-state index contributed by atoms with van der Waals surface area (Å²) < 4.78 is 11.8. The maximum absolute atomic E-state index is 12.5. The molecule has 0 aliphatic heterocycles. The number of rotatable bonds is 7. The molecule has 0 aliphatic rings. The van der Waals surface area contributed by atoms with E-state index in [0.29, 0.717) is 16.3 Å². The number of carbonyl (C=O) groups is 2. The van der Waals surface area contributed by atoms with Crippen molar-refractivity contribution in [2.45, 2.75) is 13.0 Å². The number of halogens is 3. The molecule has 0 bridgehead atoms. The number of hydrogen-bond acceptors (Lipinski definition) is 5. The Labute approximate surface area is 203 Å². The van der Waals surface area contributed by atoms with E-state index in [-0.39, 0.29) is 16.3 Å². The molecule has 32 heavy (non-hydrogen) atoms. The van der Waals surface area contributed by atoms with Crippen LogP contribution < -0.4 is 14.9 Å². The van der Waals surface area contributed by atoms with Gasteiger partial charge in [0.15, 0.2) is 6.10 Å². The van der Waals surface area contributed by atoms with Gasteiger partial charge in [0.1, 0.15) is 11.5 Å². The lowest BCUT2D eigenvalue weighted by molar-refractivity contribution is -0.127. The van der Waals surface area contributed by atoms with Crippen molar-refractivity contribution in [3.63, 3.8) is 0 Å². The van der Waals surface area contributed by atoms with Gasteiger partial charge in [-0.15, -0.1) is 0 Å². The van der Waals surface area contributed by atoms with Crippen molar-refractivity contribution < 1.29 is 19.1 Å². The average Bonchev–Trinajstić information content (AvgIpc) is 2.75. The standard InChI is InChI=1S/C23H17BrCl2N2O4/c1-14(31-18-6-4-5-17(25)12-18)22(29)28-27-13-15-11-16(24)9-10-21(15)32-23(30)19-7-2-3-8-20(19)26/h2-14H,1H3,(H,28,29)/b27-13+. The topological polar surface area (TPSA) is 77.0 Å². The van der Waals surface area contributed by atoms with E-state index in [4.69, 9.17) is 32.7 Å². The van der Waals surface area contributed by atoms with Crippen LogP contribution in [0.5, 0.6) is 11.5 Å². The first kappa shape index (κ1) is 23.8. The van der Waals surface area contributed by atoms with Gasteiger partial charge in [-0.1, -0.05) is 57.3 Å². The molecule has 3 aromatic carbocycles. The number of carbonyl (C=O) groups excluding carboxylic acids is 2. The molecule has 0 aliphatic carbocycles. The fourth-order valence-corrected chi connectivity index (χ4v) is 3.32. The zero-order valence-electron chi connectivity index (χ0n) is 16.7. The van der Waals surface area contributed by atoms with E-state index in [0.717, 1.165) is 4.47 Å². The molecule has 0 aromatic heterocycles. The van der Waals surface area contributed by atoms with E-state index in [1.54, 1.807) is 73.7 Å². The molecular weight excluding hydrogens is 519 g/mol. The van der Waals surface area contributed by atoms with Crippen LogP contribution in [0.25, 0.3) is 0 Å². The number of amides is 1. The first-order valence-electron chi connectivity index (χ1n) is 9.35. The third-order valence-electron chi connectivity index (χ3n) is 4.12. The first-order chi connectivity index (χ1) is 15.3. The Hall–Kier alpha value is -2.87. The van der Waals surface area contributed by atoms with Gasteiger partial charge in [0, 0.05) is 15.1 Å². The van der Waals surface area contributed by atoms with Gasteiger partial charge in [-0.25, -0.2) is 10.2 Å². The predicted molar refractivity (Wildman–Crippen MR) is 128 cm³/mol. The molecule has 1 unspecified atom stereocenters. The Bertz CT molecular complexity index is 1170. The van der Waals surface area contributed by atoms with Crippen molar-refractivity contribution in [3.05, 3.63) is 92.4 Å². The molecule has 0 saturated carbocycles. The Kier molecular flexibility index (Phi) is 8.27. The summed E-state index contributed by atoms with van der Waals surface area (Å²) in [6.45, 7) is 1.58. The quantitative estimate of drug-likeness (QED) is 0.177. The zero-order chi connectivity index (χ0) is 23.1. The molecule has 0 radical (unpaired) electrons. The predicted octanol–water partition coefficient (Wildman–Crippen LogP) is 5.89. The second-order valence-electron chi connectivity index (χ2n) is 6.50. The van der Waals surface area contributed by atoms with Crippen molar-refractivity contribution >= 4 is 57.2 Å². The number of esters is 1. The lowest BCUT2D eigenvalue weighted by Gasteiger charge is -2.13. The van der Waals surface area contributed by atoms with Crippen LogP contribution in [0.1, 0.15) is 22.8 Å². The molecule has 3 rings (SSSR count).